The average Bonchev–Trinajstić information content (AvgIpc) is 3.27. The van der Waals surface area contributed by atoms with Gasteiger partial charge in [-0.3, -0.25) is 0 Å². The van der Waals surface area contributed by atoms with Crippen molar-refractivity contribution in [3.05, 3.63) is 96.3 Å². The van der Waals surface area contributed by atoms with Gasteiger partial charge in [0.2, 0.25) is 0 Å². The van der Waals surface area contributed by atoms with Crippen LogP contribution in [0, 0.1) is 0 Å². The lowest BCUT2D eigenvalue weighted by atomic mass is 10.1. The Kier molecular flexibility index (Phi) is 5.82. The molecule has 1 N–H and O–H groups in total. The molecule has 2 aromatic heterocycles. The third kappa shape index (κ3) is 4.79. The molecule has 9 heteroatoms. The van der Waals surface area contributed by atoms with Crippen LogP contribution in [-0.4, -0.2) is 26.6 Å². The van der Waals surface area contributed by atoms with Crippen molar-refractivity contribution in [3.63, 3.8) is 0 Å². The molecule has 176 valence electrons. The van der Waals surface area contributed by atoms with Gasteiger partial charge in [-0.2, -0.15) is 13.2 Å². The van der Waals surface area contributed by atoms with E-state index in [1.54, 1.807) is 18.0 Å². The smallest absolute Gasteiger partial charge is 0.416 e. The number of fused-ring (bicyclic) bond motifs is 1. The Bertz CT molecular complexity index is 1450. The van der Waals surface area contributed by atoms with Crippen molar-refractivity contribution < 1.29 is 17.9 Å². The molecule has 0 amide bonds. The van der Waals surface area contributed by atoms with Crippen molar-refractivity contribution in [1.29, 1.82) is 0 Å². The van der Waals surface area contributed by atoms with Gasteiger partial charge in [0.1, 0.15) is 5.75 Å². The number of methoxy groups -OCH3 is 1. The van der Waals surface area contributed by atoms with Gasteiger partial charge < -0.3 is 14.6 Å². The molecule has 6 nitrogen and oxygen atoms in total. The second-order valence-electron chi connectivity index (χ2n) is 7.85. The van der Waals surface area contributed by atoms with Crippen molar-refractivity contribution in [2.24, 2.45) is 0 Å². The Morgan fingerprint density at radius 3 is 2.26 bits per heavy atom. The molecule has 3 aromatic carbocycles. The Morgan fingerprint density at radius 2 is 1.60 bits per heavy atom. The number of rotatable bonds is 6. The Morgan fingerprint density at radius 1 is 0.886 bits per heavy atom. The van der Waals surface area contributed by atoms with Gasteiger partial charge >= 0.3 is 6.18 Å². The fraction of sp³-hybridized carbons (Fsp3) is 0.115. The van der Waals surface area contributed by atoms with E-state index < -0.39 is 11.7 Å². The topological polar surface area (TPSA) is 64.9 Å². The van der Waals surface area contributed by atoms with Crippen LogP contribution in [0.4, 0.5) is 24.7 Å². The molecule has 5 rings (SSSR count). The first-order chi connectivity index (χ1) is 16.9. The van der Waals surface area contributed by atoms with Gasteiger partial charge in [0, 0.05) is 11.3 Å². The molecule has 0 unspecified atom stereocenters. The maximum absolute atomic E-state index is 12.9. The molecule has 0 radical (unpaired) electrons. The van der Waals surface area contributed by atoms with E-state index in [9.17, 15) is 13.2 Å². The van der Waals surface area contributed by atoms with E-state index in [2.05, 4.69) is 10.3 Å². The molecule has 0 spiro atoms. The monoisotopic (exact) mass is 475 g/mol. The van der Waals surface area contributed by atoms with Crippen LogP contribution in [0.5, 0.6) is 5.75 Å². The molecule has 0 aliphatic rings. The van der Waals surface area contributed by atoms with Crippen molar-refractivity contribution in [2.75, 3.05) is 12.4 Å². The summed E-state index contributed by atoms with van der Waals surface area (Å²) in [6.45, 7) is 0.304. The number of aromatic nitrogens is 4. The van der Waals surface area contributed by atoms with Crippen LogP contribution in [0.3, 0.4) is 0 Å². The molecular weight excluding hydrogens is 455 g/mol. The number of anilines is 2. The van der Waals surface area contributed by atoms with Crippen molar-refractivity contribution in [1.82, 2.24) is 19.5 Å². The third-order valence-electron chi connectivity index (χ3n) is 5.48. The van der Waals surface area contributed by atoms with Gasteiger partial charge in [-0.15, -0.1) is 0 Å². The molecule has 5 aromatic rings. The highest BCUT2D eigenvalue weighted by molar-refractivity contribution is 5.87. The summed E-state index contributed by atoms with van der Waals surface area (Å²) in [5.74, 6) is 1.72. The summed E-state index contributed by atoms with van der Waals surface area (Å²) in [6, 6.07) is 22.0. The zero-order valence-electron chi connectivity index (χ0n) is 18.6. The van der Waals surface area contributed by atoms with Crippen LogP contribution in [0.25, 0.3) is 22.6 Å². The molecule has 0 bridgehead atoms. The maximum atomic E-state index is 12.9. The Balaban J connectivity index is 1.56. The minimum Gasteiger partial charge on any atom is -0.497 e. The second kappa shape index (κ2) is 9.09. The van der Waals surface area contributed by atoms with Crippen molar-refractivity contribution in [2.45, 2.75) is 12.7 Å². The zero-order chi connectivity index (χ0) is 24.4. The van der Waals surface area contributed by atoms with Gasteiger partial charge in [0.05, 0.1) is 25.5 Å². The van der Waals surface area contributed by atoms with Gasteiger partial charge in [0.25, 0.3) is 0 Å². The first kappa shape index (κ1) is 22.4. The summed E-state index contributed by atoms with van der Waals surface area (Å²) in [7, 11) is 1.60. The summed E-state index contributed by atoms with van der Waals surface area (Å²) < 4.78 is 45.8. The number of hydrogen-bond acceptors (Lipinski definition) is 5. The molecule has 0 fully saturated rings. The predicted molar refractivity (Wildman–Crippen MR) is 128 cm³/mol. The number of para-hydroxylation sites is 1. The van der Waals surface area contributed by atoms with Crippen LogP contribution >= 0.6 is 0 Å². The number of nitrogens with one attached hydrogen (secondary N) is 1. The fourth-order valence-corrected chi connectivity index (χ4v) is 3.67. The van der Waals surface area contributed by atoms with E-state index in [4.69, 9.17) is 14.7 Å². The fourth-order valence-electron chi connectivity index (χ4n) is 3.67. The molecule has 0 aliphatic carbocycles. The summed E-state index contributed by atoms with van der Waals surface area (Å²) in [6.07, 6.45) is -2.76. The standard InChI is InChI=1S/C26H20F3N5O/c1-35-21-13-9-18(10-14-21)23-32-24(31-20-5-3-2-4-6-20)22-25(33-23)34(16-30-22)15-17-7-11-19(12-8-17)26(27,28)29/h2-14,16H,15H2,1H3,(H,31,32,33). The molecule has 0 saturated carbocycles. The molecule has 0 atom stereocenters. The Hall–Kier alpha value is -4.40. The van der Waals surface area contributed by atoms with E-state index in [0.29, 0.717) is 40.7 Å². The first-order valence-corrected chi connectivity index (χ1v) is 10.8. The van der Waals surface area contributed by atoms with E-state index in [1.165, 1.54) is 12.1 Å². The number of alkyl halides is 3. The summed E-state index contributed by atoms with van der Waals surface area (Å²) in [5.41, 5.74) is 2.74. The van der Waals surface area contributed by atoms with Gasteiger partial charge in [-0.25, -0.2) is 15.0 Å². The van der Waals surface area contributed by atoms with Crippen LogP contribution in [0.2, 0.25) is 0 Å². The minimum atomic E-state index is -4.38. The number of hydrogen-bond donors (Lipinski definition) is 1. The second-order valence-corrected chi connectivity index (χ2v) is 7.85. The van der Waals surface area contributed by atoms with Crippen LogP contribution < -0.4 is 10.1 Å². The number of halogens is 3. The predicted octanol–water partition coefficient (Wildman–Crippen LogP) is 6.31. The van der Waals surface area contributed by atoms with E-state index >= 15 is 0 Å². The molecule has 0 aliphatic heterocycles. The highest BCUT2D eigenvalue weighted by Crippen LogP contribution is 2.30. The first-order valence-electron chi connectivity index (χ1n) is 10.8. The number of imidazole rings is 1. The SMILES string of the molecule is COc1ccc(-c2nc(Nc3ccccc3)c3ncn(Cc4ccc(C(F)(F)F)cc4)c3n2)cc1. The highest BCUT2D eigenvalue weighted by Gasteiger charge is 2.30. The Labute approximate surface area is 199 Å². The average molecular weight is 475 g/mol. The molecule has 0 saturated heterocycles. The van der Waals surface area contributed by atoms with Gasteiger partial charge in [0.15, 0.2) is 22.8 Å². The maximum Gasteiger partial charge on any atom is 0.416 e. The van der Waals surface area contributed by atoms with Crippen molar-refractivity contribution >= 4 is 22.7 Å². The summed E-state index contributed by atoms with van der Waals surface area (Å²) >= 11 is 0. The van der Waals surface area contributed by atoms with Gasteiger partial charge in [-0.05, 0) is 54.1 Å². The lowest BCUT2D eigenvalue weighted by Crippen LogP contribution is -2.06. The highest BCUT2D eigenvalue weighted by atomic mass is 19.4. The quantitative estimate of drug-likeness (QED) is 0.312. The zero-order valence-corrected chi connectivity index (χ0v) is 18.6. The molecule has 35 heavy (non-hydrogen) atoms. The van der Waals surface area contributed by atoms with E-state index in [1.807, 2.05) is 54.6 Å². The molecular formula is C26H20F3N5O. The van der Waals surface area contributed by atoms with Crippen LogP contribution in [0.15, 0.2) is 85.2 Å². The summed E-state index contributed by atoms with van der Waals surface area (Å²) in [5, 5.41) is 3.30. The number of nitrogens with zero attached hydrogens (tertiary/aromatic N) is 4. The largest absolute Gasteiger partial charge is 0.497 e. The van der Waals surface area contributed by atoms with Crippen LogP contribution in [0.1, 0.15) is 11.1 Å². The number of benzene rings is 3. The third-order valence-corrected chi connectivity index (χ3v) is 5.48. The van der Waals surface area contributed by atoms with E-state index in [-0.39, 0.29) is 0 Å². The van der Waals surface area contributed by atoms with Crippen LogP contribution in [-0.2, 0) is 12.7 Å². The lowest BCUT2D eigenvalue weighted by molar-refractivity contribution is -0.137. The minimum absolute atomic E-state index is 0.304. The molecule has 2 heterocycles. The normalized spacial score (nSPS) is 11.5. The van der Waals surface area contributed by atoms with Gasteiger partial charge in [-0.1, -0.05) is 30.3 Å². The lowest BCUT2D eigenvalue weighted by Gasteiger charge is -2.11. The number of ether oxygens (including phenoxy) is 1. The summed E-state index contributed by atoms with van der Waals surface area (Å²) in [4.78, 5) is 14.0. The van der Waals surface area contributed by atoms with E-state index in [0.717, 1.165) is 23.4 Å². The van der Waals surface area contributed by atoms with Crippen molar-refractivity contribution in [3.8, 4) is 17.1 Å².